The van der Waals surface area contributed by atoms with Crippen molar-refractivity contribution in [1.29, 1.82) is 0 Å². The van der Waals surface area contributed by atoms with E-state index in [9.17, 15) is 18.3 Å². The van der Waals surface area contributed by atoms with Gasteiger partial charge in [0.15, 0.2) is 0 Å². The number of anilines is 1. The summed E-state index contributed by atoms with van der Waals surface area (Å²) < 4.78 is 26.0. The van der Waals surface area contributed by atoms with Crippen LogP contribution in [-0.2, 0) is 27.9 Å². The summed E-state index contributed by atoms with van der Waals surface area (Å²) in [6.45, 7) is 1.64. The zero-order valence-corrected chi connectivity index (χ0v) is 18.6. The van der Waals surface area contributed by atoms with Crippen molar-refractivity contribution in [2.45, 2.75) is 24.2 Å². The lowest BCUT2D eigenvalue weighted by molar-refractivity contribution is -0.133. The molecule has 1 fully saturated rings. The number of fused-ring (bicyclic) bond motifs is 1. The maximum Gasteiger partial charge on any atom is 0.238 e. The summed E-state index contributed by atoms with van der Waals surface area (Å²) in [6.07, 6.45) is 0.734. The third kappa shape index (κ3) is 5.03. The van der Waals surface area contributed by atoms with E-state index in [0.717, 1.165) is 5.56 Å². The van der Waals surface area contributed by atoms with E-state index in [2.05, 4.69) is 15.7 Å². The fourth-order valence-electron chi connectivity index (χ4n) is 3.62. The van der Waals surface area contributed by atoms with Crippen LogP contribution < -0.4 is 15.8 Å². The summed E-state index contributed by atoms with van der Waals surface area (Å²) in [5.74, 6) is -0.0625. The number of aromatic nitrogens is 2. The molecule has 170 valence electrons. The van der Waals surface area contributed by atoms with Gasteiger partial charge in [0.25, 0.3) is 0 Å². The molecule has 1 atom stereocenters. The van der Waals surface area contributed by atoms with Crippen molar-refractivity contribution in [2.24, 2.45) is 5.14 Å². The molecule has 4 rings (SSSR count). The van der Waals surface area contributed by atoms with E-state index in [4.69, 9.17) is 16.7 Å². The Hall–Kier alpha value is -2.70. The van der Waals surface area contributed by atoms with Crippen LogP contribution in [0, 0.1) is 0 Å². The van der Waals surface area contributed by atoms with Crippen molar-refractivity contribution in [3.8, 4) is 0 Å². The van der Waals surface area contributed by atoms with Crippen LogP contribution in [0.25, 0.3) is 10.9 Å². The molecule has 1 aromatic heterocycles. The minimum absolute atomic E-state index is 0.0625. The van der Waals surface area contributed by atoms with E-state index in [1.54, 1.807) is 35.4 Å². The molecule has 0 bridgehead atoms. The molecule has 3 aromatic rings. The largest absolute Gasteiger partial charge is 0.373 e. The number of carbonyl (C=O) groups excluding carboxylic acids is 1. The first-order valence-electron chi connectivity index (χ1n) is 9.91. The topological polar surface area (TPSA) is 143 Å². The van der Waals surface area contributed by atoms with Crippen LogP contribution in [0.1, 0.15) is 5.56 Å². The molecule has 2 aromatic carbocycles. The first kappa shape index (κ1) is 22.5. The number of amides is 1. The molecule has 0 aliphatic carbocycles. The molecule has 0 spiro atoms. The lowest BCUT2D eigenvalue weighted by atomic mass is 10.1. The summed E-state index contributed by atoms with van der Waals surface area (Å²) >= 11 is 6.15. The number of nitrogens with two attached hydrogens (primary N) is 1. The molecule has 1 aliphatic rings. The Labute approximate surface area is 190 Å². The number of hydrogen-bond donors (Lipinski definition) is 4. The molecule has 10 nitrogen and oxygen atoms in total. The third-order valence-electron chi connectivity index (χ3n) is 5.15. The Morgan fingerprint density at radius 3 is 2.81 bits per heavy atom. The molecule has 1 unspecified atom stereocenters. The molecule has 32 heavy (non-hydrogen) atoms. The van der Waals surface area contributed by atoms with Gasteiger partial charge < -0.3 is 20.6 Å². The molecule has 5 N–H and O–H groups in total. The van der Waals surface area contributed by atoms with Gasteiger partial charge in [0.05, 0.1) is 17.0 Å². The number of aliphatic hydroxyl groups is 1. The van der Waals surface area contributed by atoms with Gasteiger partial charge in [-0.05, 0) is 23.8 Å². The molecule has 1 aliphatic heterocycles. The van der Waals surface area contributed by atoms with Crippen LogP contribution in [0.4, 0.5) is 5.69 Å². The minimum atomic E-state index is -4.07. The van der Waals surface area contributed by atoms with Gasteiger partial charge >= 0.3 is 0 Å². The highest BCUT2D eigenvalue weighted by Crippen LogP contribution is 2.27. The maximum atomic E-state index is 12.2. The number of rotatable bonds is 7. The molecule has 1 saturated heterocycles. The van der Waals surface area contributed by atoms with Gasteiger partial charge in [0.1, 0.15) is 12.9 Å². The average Bonchev–Trinajstić information content (AvgIpc) is 3.12. The Morgan fingerprint density at radius 2 is 2.09 bits per heavy atom. The molecule has 2 heterocycles. The van der Waals surface area contributed by atoms with E-state index in [1.165, 1.54) is 10.7 Å². The van der Waals surface area contributed by atoms with Gasteiger partial charge in [-0.1, -0.05) is 29.8 Å². The van der Waals surface area contributed by atoms with Gasteiger partial charge in [-0.3, -0.25) is 9.48 Å². The highest BCUT2D eigenvalue weighted by Gasteiger charge is 2.21. The van der Waals surface area contributed by atoms with Crippen LogP contribution in [0.15, 0.2) is 47.5 Å². The van der Waals surface area contributed by atoms with E-state index >= 15 is 0 Å². The number of nitrogens with zero attached hydrogens (tertiary/aromatic N) is 3. The second kappa shape index (κ2) is 9.04. The van der Waals surface area contributed by atoms with Gasteiger partial charge in [0.2, 0.25) is 15.9 Å². The number of carbonyl (C=O) groups is 1. The number of hydrogen-bond acceptors (Lipinski definition) is 7. The van der Waals surface area contributed by atoms with Gasteiger partial charge in [-0.2, -0.15) is 5.10 Å². The summed E-state index contributed by atoms with van der Waals surface area (Å²) in [6, 6.07) is 10.1. The number of primary sulfonamides is 1. The second-order valence-corrected chi connectivity index (χ2v) is 9.49. The number of nitrogens with one attached hydrogen (secondary N) is 2. The Morgan fingerprint density at radius 1 is 1.31 bits per heavy atom. The summed E-state index contributed by atoms with van der Waals surface area (Å²) in [7, 11) is -4.07. The SMILES string of the molecule is NS(=O)(=O)c1cc(NC(O)Cc2ccccc2Cl)cc2nn(CN3CCNCC3=O)cc12. The summed E-state index contributed by atoms with van der Waals surface area (Å²) in [4.78, 5) is 13.6. The van der Waals surface area contributed by atoms with Crippen LogP contribution >= 0.6 is 11.6 Å². The maximum absolute atomic E-state index is 12.2. The van der Waals surface area contributed by atoms with E-state index < -0.39 is 16.3 Å². The molecule has 1 amide bonds. The van der Waals surface area contributed by atoms with Gasteiger partial charge in [-0.25, -0.2) is 13.6 Å². The first-order valence-corrected chi connectivity index (χ1v) is 11.8. The van der Waals surface area contributed by atoms with E-state index in [-0.39, 0.29) is 30.4 Å². The highest BCUT2D eigenvalue weighted by atomic mass is 35.5. The van der Waals surface area contributed by atoms with Crippen molar-refractivity contribution in [3.05, 3.63) is 53.2 Å². The van der Waals surface area contributed by atoms with Gasteiger partial charge in [-0.15, -0.1) is 0 Å². The quantitative estimate of drug-likeness (QED) is 0.366. The number of benzene rings is 2. The summed E-state index contributed by atoms with van der Waals surface area (Å²) in [5, 5.41) is 27.1. The van der Waals surface area contributed by atoms with E-state index in [0.29, 0.717) is 34.7 Å². The standard InChI is InChI=1S/C20H23ClN6O4S/c21-16-4-2-1-3-13(16)7-19(28)24-14-8-17-15(18(9-14)32(22,30)31)11-27(25-17)12-26-6-5-23-10-20(26)29/h1-4,8-9,11,19,23-24,28H,5-7,10,12H2,(H2,22,30,31). The Balaban J connectivity index is 1.62. The van der Waals surface area contributed by atoms with Crippen LogP contribution in [0.5, 0.6) is 0 Å². The Kier molecular flexibility index (Phi) is 6.35. The first-order chi connectivity index (χ1) is 15.2. The second-order valence-electron chi connectivity index (χ2n) is 7.55. The van der Waals surface area contributed by atoms with Crippen LogP contribution in [0.2, 0.25) is 5.02 Å². The van der Waals surface area contributed by atoms with Crippen LogP contribution in [-0.4, -0.2) is 60.0 Å². The fourth-order valence-corrected chi connectivity index (χ4v) is 4.59. The molecule has 0 radical (unpaired) electrons. The third-order valence-corrected chi connectivity index (χ3v) is 6.47. The molecule has 0 saturated carbocycles. The highest BCUT2D eigenvalue weighted by molar-refractivity contribution is 7.89. The Bertz CT molecular complexity index is 1260. The average molecular weight is 479 g/mol. The monoisotopic (exact) mass is 478 g/mol. The predicted molar refractivity (Wildman–Crippen MR) is 120 cm³/mol. The van der Waals surface area contributed by atoms with Crippen molar-refractivity contribution in [3.63, 3.8) is 0 Å². The molecular formula is C20H23ClN6O4S. The van der Waals surface area contributed by atoms with Crippen LogP contribution in [0.3, 0.4) is 0 Å². The number of aliphatic hydroxyl groups excluding tert-OH is 1. The number of halogens is 1. The number of piperazine rings is 1. The molecular weight excluding hydrogens is 456 g/mol. The number of sulfonamides is 1. The van der Waals surface area contributed by atoms with Crippen molar-refractivity contribution >= 4 is 44.1 Å². The van der Waals surface area contributed by atoms with Gasteiger partial charge in [0, 0.05) is 41.8 Å². The zero-order chi connectivity index (χ0) is 22.9. The van der Waals surface area contributed by atoms with Crippen molar-refractivity contribution in [1.82, 2.24) is 20.0 Å². The predicted octanol–water partition coefficient (Wildman–Crippen LogP) is 0.699. The van der Waals surface area contributed by atoms with E-state index in [1.807, 2.05) is 6.07 Å². The smallest absolute Gasteiger partial charge is 0.238 e. The summed E-state index contributed by atoms with van der Waals surface area (Å²) in [5.41, 5.74) is 1.45. The van der Waals surface area contributed by atoms with Crippen molar-refractivity contribution in [2.75, 3.05) is 25.0 Å². The lowest BCUT2D eigenvalue weighted by Gasteiger charge is -2.27. The molecule has 12 heteroatoms. The normalized spacial score (nSPS) is 15.8. The van der Waals surface area contributed by atoms with Crippen molar-refractivity contribution < 1.29 is 18.3 Å². The minimum Gasteiger partial charge on any atom is -0.373 e. The lowest BCUT2D eigenvalue weighted by Crippen LogP contribution is -2.48. The zero-order valence-electron chi connectivity index (χ0n) is 17.0. The fraction of sp³-hybridized carbons (Fsp3) is 0.300.